The van der Waals surface area contributed by atoms with Crippen LogP contribution in [0, 0.1) is 0 Å². The van der Waals surface area contributed by atoms with Crippen molar-refractivity contribution in [1.29, 1.82) is 0 Å². The molecule has 4 nitrogen and oxygen atoms in total. The Morgan fingerprint density at radius 3 is 2.68 bits per heavy atom. The average Bonchev–Trinajstić information content (AvgIpc) is 2.76. The number of hydrogen-bond acceptors (Lipinski definition) is 3. The minimum atomic E-state index is -0.506. The normalized spacial score (nSPS) is 18.3. The zero-order valence-electron chi connectivity index (χ0n) is 10.3. The highest BCUT2D eigenvalue weighted by Gasteiger charge is 2.32. The van der Waals surface area contributed by atoms with Crippen molar-refractivity contribution in [1.82, 2.24) is 10.6 Å². The van der Waals surface area contributed by atoms with Crippen molar-refractivity contribution in [2.45, 2.75) is 6.04 Å². The Hall–Kier alpha value is -2.14. The number of ether oxygens (including phenoxy) is 1. The minimum absolute atomic E-state index is 0.153. The van der Waals surface area contributed by atoms with Gasteiger partial charge in [-0.2, -0.15) is 0 Å². The van der Waals surface area contributed by atoms with Crippen molar-refractivity contribution in [3.8, 4) is 5.75 Å². The molecule has 2 aromatic carbocycles. The number of hydrogen-bond donors (Lipinski definition) is 2. The molecule has 1 atom stereocenters. The van der Waals surface area contributed by atoms with Crippen LogP contribution in [0.1, 0.15) is 11.6 Å². The van der Waals surface area contributed by atoms with Crippen LogP contribution >= 0.6 is 12.2 Å². The molecule has 1 amide bonds. The van der Waals surface area contributed by atoms with Gasteiger partial charge >= 0.3 is 0 Å². The molecule has 1 fully saturated rings. The van der Waals surface area contributed by atoms with E-state index in [1.165, 1.54) is 0 Å². The lowest BCUT2D eigenvalue weighted by molar-refractivity contribution is -0.120. The van der Waals surface area contributed by atoms with Gasteiger partial charge in [0.05, 0.1) is 7.11 Å². The van der Waals surface area contributed by atoms with Crippen molar-refractivity contribution in [2.24, 2.45) is 0 Å². The highest BCUT2D eigenvalue weighted by Crippen LogP contribution is 2.34. The second kappa shape index (κ2) is 4.51. The Morgan fingerprint density at radius 2 is 2.00 bits per heavy atom. The van der Waals surface area contributed by atoms with Gasteiger partial charge in [0.25, 0.3) is 5.91 Å². The molecular weight excluding hydrogens is 260 g/mol. The summed E-state index contributed by atoms with van der Waals surface area (Å²) in [6.07, 6.45) is 0. The third-order valence-electron chi connectivity index (χ3n) is 3.21. The van der Waals surface area contributed by atoms with Crippen LogP contribution in [-0.4, -0.2) is 18.1 Å². The smallest absolute Gasteiger partial charge is 0.253 e. The molecule has 19 heavy (non-hydrogen) atoms. The molecule has 96 valence electrons. The zero-order valence-corrected chi connectivity index (χ0v) is 11.1. The molecule has 2 N–H and O–H groups in total. The van der Waals surface area contributed by atoms with Gasteiger partial charge in [-0.1, -0.05) is 30.3 Å². The van der Waals surface area contributed by atoms with Crippen molar-refractivity contribution < 1.29 is 9.53 Å². The van der Waals surface area contributed by atoms with Crippen LogP contribution in [0.4, 0.5) is 0 Å². The zero-order chi connectivity index (χ0) is 13.4. The highest BCUT2D eigenvalue weighted by atomic mass is 32.1. The Morgan fingerprint density at radius 1 is 1.21 bits per heavy atom. The number of fused-ring (bicyclic) bond motifs is 1. The van der Waals surface area contributed by atoms with E-state index in [9.17, 15) is 4.79 Å². The maximum absolute atomic E-state index is 12.0. The fraction of sp³-hybridized carbons (Fsp3) is 0.143. The largest absolute Gasteiger partial charge is 0.496 e. The van der Waals surface area contributed by atoms with E-state index >= 15 is 0 Å². The van der Waals surface area contributed by atoms with Crippen molar-refractivity contribution in [2.75, 3.05) is 7.11 Å². The summed E-state index contributed by atoms with van der Waals surface area (Å²) in [6, 6.07) is 11.2. The molecule has 0 aliphatic carbocycles. The van der Waals surface area contributed by atoms with Crippen LogP contribution in [0.25, 0.3) is 10.8 Å². The summed E-state index contributed by atoms with van der Waals surface area (Å²) < 4.78 is 5.39. The summed E-state index contributed by atoms with van der Waals surface area (Å²) in [4.78, 5) is 12.0. The number of methoxy groups -OCH3 is 1. The molecular formula is C14H12N2O2S. The lowest BCUT2D eigenvalue weighted by Gasteiger charge is -2.16. The number of carbonyl (C=O) groups excluding carboxylic acids is 1. The predicted molar refractivity (Wildman–Crippen MR) is 77.1 cm³/mol. The number of thiocarbonyl (C=S) groups is 1. The predicted octanol–water partition coefficient (Wildman–Crippen LogP) is 1.89. The van der Waals surface area contributed by atoms with Gasteiger partial charge in [0, 0.05) is 5.56 Å². The lowest BCUT2D eigenvalue weighted by atomic mass is 9.97. The number of benzene rings is 2. The van der Waals surface area contributed by atoms with Crippen LogP contribution in [0.2, 0.25) is 0 Å². The molecule has 0 aromatic heterocycles. The third-order valence-corrected chi connectivity index (χ3v) is 3.43. The molecule has 0 saturated carbocycles. The Kier molecular flexibility index (Phi) is 2.83. The summed E-state index contributed by atoms with van der Waals surface area (Å²) in [5.74, 6) is 0.524. The molecule has 0 radical (unpaired) electrons. The van der Waals surface area contributed by atoms with Crippen molar-refractivity contribution in [3.05, 3.63) is 42.0 Å². The first-order valence-corrected chi connectivity index (χ1v) is 6.28. The Labute approximate surface area is 115 Å². The van der Waals surface area contributed by atoms with Gasteiger partial charge in [0.1, 0.15) is 11.8 Å². The van der Waals surface area contributed by atoms with Crippen LogP contribution < -0.4 is 15.4 Å². The number of nitrogens with one attached hydrogen (secondary N) is 2. The maximum Gasteiger partial charge on any atom is 0.253 e. The van der Waals surface area contributed by atoms with E-state index in [-0.39, 0.29) is 5.91 Å². The van der Waals surface area contributed by atoms with E-state index in [1.807, 2.05) is 36.4 Å². The third kappa shape index (κ3) is 1.92. The van der Waals surface area contributed by atoms with E-state index in [0.29, 0.717) is 10.9 Å². The van der Waals surface area contributed by atoms with E-state index < -0.39 is 6.04 Å². The maximum atomic E-state index is 12.0. The van der Waals surface area contributed by atoms with Gasteiger partial charge < -0.3 is 15.4 Å². The average molecular weight is 272 g/mol. The standard InChI is InChI=1S/C14H12N2O2S/c1-18-10-7-6-8-4-2-3-5-9(8)11(10)12-13(17)16-14(19)15-12/h2-7,12H,1H3,(H2,15,16,17,19). The molecule has 1 aliphatic heterocycles. The topological polar surface area (TPSA) is 50.4 Å². The first-order chi connectivity index (χ1) is 9.20. The summed E-state index contributed by atoms with van der Waals surface area (Å²) in [6.45, 7) is 0. The fourth-order valence-electron chi connectivity index (χ4n) is 2.37. The quantitative estimate of drug-likeness (QED) is 0.820. The molecule has 1 unspecified atom stereocenters. The molecule has 2 aromatic rings. The van der Waals surface area contributed by atoms with Gasteiger partial charge in [0.15, 0.2) is 5.11 Å². The number of rotatable bonds is 2. The molecule has 0 spiro atoms. The van der Waals surface area contributed by atoms with Crippen LogP contribution in [0.3, 0.4) is 0 Å². The first kappa shape index (κ1) is 11.9. The monoisotopic (exact) mass is 272 g/mol. The van der Waals surface area contributed by atoms with Gasteiger partial charge in [0.2, 0.25) is 0 Å². The second-order valence-electron chi connectivity index (χ2n) is 4.30. The molecule has 1 aliphatic rings. The molecule has 1 heterocycles. The Bertz CT molecular complexity index is 684. The molecule has 5 heteroatoms. The van der Waals surface area contributed by atoms with Crippen molar-refractivity contribution >= 4 is 34.0 Å². The lowest BCUT2D eigenvalue weighted by Crippen LogP contribution is -2.21. The van der Waals surface area contributed by atoms with Gasteiger partial charge in [-0.3, -0.25) is 4.79 Å². The first-order valence-electron chi connectivity index (χ1n) is 5.87. The van der Waals surface area contributed by atoms with E-state index in [4.69, 9.17) is 17.0 Å². The summed E-state index contributed by atoms with van der Waals surface area (Å²) in [7, 11) is 1.60. The van der Waals surface area contributed by atoms with Crippen molar-refractivity contribution in [3.63, 3.8) is 0 Å². The molecule has 3 rings (SSSR count). The van der Waals surface area contributed by atoms with Crippen LogP contribution in [0.15, 0.2) is 36.4 Å². The summed E-state index contributed by atoms with van der Waals surface area (Å²) in [5.41, 5.74) is 0.818. The summed E-state index contributed by atoms with van der Waals surface area (Å²) >= 11 is 4.99. The van der Waals surface area contributed by atoms with E-state index in [1.54, 1.807) is 7.11 Å². The van der Waals surface area contributed by atoms with Crippen LogP contribution in [-0.2, 0) is 4.79 Å². The van der Waals surface area contributed by atoms with Gasteiger partial charge in [-0.05, 0) is 29.1 Å². The van der Waals surface area contributed by atoms with Gasteiger partial charge in [-0.15, -0.1) is 0 Å². The second-order valence-corrected chi connectivity index (χ2v) is 4.71. The number of carbonyl (C=O) groups is 1. The van der Waals surface area contributed by atoms with Crippen LogP contribution in [0.5, 0.6) is 5.75 Å². The SMILES string of the molecule is COc1ccc2ccccc2c1C1NC(=S)NC1=O. The molecule has 1 saturated heterocycles. The Balaban J connectivity index is 2.25. The number of amides is 1. The highest BCUT2D eigenvalue weighted by molar-refractivity contribution is 7.80. The minimum Gasteiger partial charge on any atom is -0.496 e. The summed E-state index contributed by atoms with van der Waals surface area (Å²) in [5, 5.41) is 7.98. The van der Waals surface area contributed by atoms with E-state index in [0.717, 1.165) is 16.3 Å². The van der Waals surface area contributed by atoms with Gasteiger partial charge in [-0.25, -0.2) is 0 Å². The molecule has 0 bridgehead atoms. The fourth-order valence-corrected chi connectivity index (χ4v) is 2.59. The van der Waals surface area contributed by atoms with E-state index in [2.05, 4.69) is 10.6 Å².